The number of amides is 1. The topological polar surface area (TPSA) is 68.3 Å². The molecule has 1 aliphatic rings. The fraction of sp³-hybridized carbons (Fsp3) is 0.150. The first-order chi connectivity index (χ1) is 12.5. The number of nitrogens with one attached hydrogen (secondary N) is 1. The number of esters is 1. The van der Waals surface area contributed by atoms with Gasteiger partial charge in [-0.15, -0.1) is 11.3 Å². The van der Waals surface area contributed by atoms with Crippen LogP contribution in [0.1, 0.15) is 22.8 Å². The van der Waals surface area contributed by atoms with Gasteiger partial charge in [0.15, 0.2) is 10.7 Å². The number of hydrogen-bond donors (Lipinski definition) is 1. The number of aromatic nitrogens is 1. The van der Waals surface area contributed by atoms with E-state index >= 15 is 0 Å². The average molecular weight is 364 g/mol. The lowest BCUT2D eigenvalue weighted by Crippen LogP contribution is -2.48. The molecule has 0 bridgehead atoms. The minimum Gasteiger partial charge on any atom is -0.445 e. The smallest absolute Gasteiger partial charge is 0.339 e. The minimum absolute atomic E-state index is 0.331. The lowest BCUT2D eigenvalue weighted by molar-refractivity contribution is -0.134. The summed E-state index contributed by atoms with van der Waals surface area (Å²) in [6, 6.07) is 16.9. The molecule has 4 rings (SSSR count). The van der Waals surface area contributed by atoms with Gasteiger partial charge >= 0.3 is 5.97 Å². The van der Waals surface area contributed by atoms with Crippen LogP contribution in [0.3, 0.4) is 0 Å². The molecule has 1 aliphatic heterocycles. The molecule has 3 aromatic rings. The van der Waals surface area contributed by atoms with Crippen LogP contribution in [0.5, 0.6) is 0 Å². The Bertz CT molecular complexity index is 983. The van der Waals surface area contributed by atoms with Gasteiger partial charge in [-0.2, -0.15) is 0 Å². The summed E-state index contributed by atoms with van der Waals surface area (Å²) in [5, 5.41) is 5.15. The van der Waals surface area contributed by atoms with Crippen LogP contribution in [0.25, 0.3) is 11.3 Å². The molecule has 1 amide bonds. The second kappa shape index (κ2) is 6.38. The van der Waals surface area contributed by atoms with Crippen LogP contribution in [-0.2, 0) is 16.0 Å². The van der Waals surface area contributed by atoms with Crippen LogP contribution >= 0.6 is 11.3 Å². The zero-order valence-electron chi connectivity index (χ0n) is 14.1. The summed E-state index contributed by atoms with van der Waals surface area (Å²) in [5.74, 6) is -0.858. The van der Waals surface area contributed by atoms with E-state index in [2.05, 4.69) is 10.3 Å². The fourth-order valence-electron chi connectivity index (χ4n) is 2.96. The van der Waals surface area contributed by atoms with E-state index in [0.717, 1.165) is 16.8 Å². The number of benzene rings is 2. The molecule has 0 saturated heterocycles. The lowest BCUT2D eigenvalue weighted by Gasteiger charge is -2.32. The molecule has 2 aromatic carbocycles. The third-order valence-electron chi connectivity index (χ3n) is 4.36. The molecule has 0 fully saturated rings. The molecular formula is C20H16N2O3S. The first kappa shape index (κ1) is 16.5. The standard InChI is InChI=1S/C20H16N2O3S/c1-20(11-14-9-5-6-10-15(14)17(23)25-20)18(24)22-19-21-16(12-26-19)13-7-3-2-4-8-13/h2-10,12H,11H2,1H3,(H,21,22,24)/t20-/m1/s1. The van der Waals surface area contributed by atoms with Crippen molar-refractivity contribution in [3.8, 4) is 11.3 Å². The zero-order chi connectivity index (χ0) is 18.1. The molecule has 6 heteroatoms. The number of cyclic esters (lactones) is 1. The Morgan fingerprint density at radius 2 is 1.88 bits per heavy atom. The Balaban J connectivity index is 1.54. The maximum Gasteiger partial charge on any atom is 0.339 e. The number of thiazole rings is 1. The average Bonchev–Trinajstić information content (AvgIpc) is 3.11. The van der Waals surface area contributed by atoms with Crippen molar-refractivity contribution in [2.75, 3.05) is 5.32 Å². The normalized spacial score (nSPS) is 18.7. The summed E-state index contributed by atoms with van der Waals surface area (Å²) in [6.07, 6.45) is 0.331. The number of hydrogen-bond acceptors (Lipinski definition) is 5. The number of carbonyl (C=O) groups excluding carboxylic acids is 2. The summed E-state index contributed by atoms with van der Waals surface area (Å²) in [7, 11) is 0. The van der Waals surface area contributed by atoms with Crippen molar-refractivity contribution >= 4 is 28.3 Å². The summed E-state index contributed by atoms with van der Waals surface area (Å²) >= 11 is 1.34. The van der Waals surface area contributed by atoms with Crippen LogP contribution in [0, 0.1) is 0 Å². The van der Waals surface area contributed by atoms with Crippen molar-refractivity contribution in [1.29, 1.82) is 0 Å². The Hall–Kier alpha value is -2.99. The summed E-state index contributed by atoms with van der Waals surface area (Å²) in [6.45, 7) is 1.63. The summed E-state index contributed by atoms with van der Waals surface area (Å²) in [5.41, 5.74) is 1.84. The van der Waals surface area contributed by atoms with Crippen LogP contribution in [0.4, 0.5) is 5.13 Å². The number of anilines is 1. The predicted molar refractivity (Wildman–Crippen MR) is 100 cm³/mol. The Morgan fingerprint density at radius 3 is 2.69 bits per heavy atom. The number of rotatable bonds is 3. The van der Waals surface area contributed by atoms with E-state index in [1.165, 1.54) is 11.3 Å². The van der Waals surface area contributed by atoms with Crippen molar-refractivity contribution in [3.05, 3.63) is 71.1 Å². The Labute approximate surface area is 154 Å². The highest BCUT2D eigenvalue weighted by Gasteiger charge is 2.42. The highest BCUT2D eigenvalue weighted by atomic mass is 32.1. The molecular weight excluding hydrogens is 348 g/mol. The van der Waals surface area contributed by atoms with E-state index in [1.54, 1.807) is 19.1 Å². The van der Waals surface area contributed by atoms with Gasteiger partial charge in [-0.25, -0.2) is 9.78 Å². The van der Waals surface area contributed by atoms with Crippen LogP contribution in [0.2, 0.25) is 0 Å². The third-order valence-corrected chi connectivity index (χ3v) is 5.12. The quantitative estimate of drug-likeness (QED) is 0.715. The van der Waals surface area contributed by atoms with E-state index in [9.17, 15) is 9.59 Å². The van der Waals surface area contributed by atoms with E-state index in [4.69, 9.17) is 4.74 Å². The van der Waals surface area contributed by atoms with Crippen LogP contribution < -0.4 is 5.32 Å². The van der Waals surface area contributed by atoms with Gasteiger partial charge in [0, 0.05) is 17.4 Å². The number of nitrogens with zero attached hydrogens (tertiary/aromatic N) is 1. The van der Waals surface area contributed by atoms with Gasteiger partial charge in [0.2, 0.25) is 0 Å². The first-order valence-electron chi connectivity index (χ1n) is 8.19. The summed E-state index contributed by atoms with van der Waals surface area (Å²) in [4.78, 5) is 29.5. The molecule has 0 aliphatic carbocycles. The lowest BCUT2D eigenvalue weighted by atomic mass is 9.89. The molecule has 2 heterocycles. The van der Waals surface area contributed by atoms with Crippen LogP contribution in [-0.4, -0.2) is 22.5 Å². The molecule has 1 N–H and O–H groups in total. The highest BCUT2D eigenvalue weighted by Crippen LogP contribution is 2.30. The van der Waals surface area contributed by atoms with Gasteiger partial charge in [-0.3, -0.25) is 10.1 Å². The highest BCUT2D eigenvalue weighted by molar-refractivity contribution is 7.14. The van der Waals surface area contributed by atoms with Crippen molar-refractivity contribution in [3.63, 3.8) is 0 Å². The predicted octanol–water partition coefficient (Wildman–Crippen LogP) is 3.92. The SMILES string of the molecule is C[C@]1(C(=O)Nc2nc(-c3ccccc3)cs2)Cc2ccccc2C(=O)O1. The van der Waals surface area contributed by atoms with E-state index in [-0.39, 0.29) is 5.91 Å². The van der Waals surface area contributed by atoms with Crippen molar-refractivity contribution < 1.29 is 14.3 Å². The molecule has 0 spiro atoms. The molecule has 0 saturated carbocycles. The van der Waals surface area contributed by atoms with Gasteiger partial charge < -0.3 is 4.74 Å². The van der Waals surface area contributed by atoms with E-state index in [0.29, 0.717) is 17.1 Å². The molecule has 5 nitrogen and oxygen atoms in total. The zero-order valence-corrected chi connectivity index (χ0v) is 14.9. The van der Waals surface area contributed by atoms with Crippen molar-refractivity contribution in [2.45, 2.75) is 18.9 Å². The van der Waals surface area contributed by atoms with Crippen LogP contribution in [0.15, 0.2) is 60.0 Å². The first-order valence-corrected chi connectivity index (χ1v) is 9.07. The second-order valence-electron chi connectivity index (χ2n) is 6.31. The van der Waals surface area contributed by atoms with E-state index in [1.807, 2.05) is 47.8 Å². The summed E-state index contributed by atoms with van der Waals surface area (Å²) < 4.78 is 5.45. The molecule has 0 radical (unpaired) electrons. The molecule has 130 valence electrons. The van der Waals surface area contributed by atoms with E-state index < -0.39 is 11.6 Å². The monoisotopic (exact) mass is 364 g/mol. The van der Waals surface area contributed by atoms with Gasteiger partial charge in [0.1, 0.15) is 0 Å². The fourth-order valence-corrected chi connectivity index (χ4v) is 3.68. The molecule has 26 heavy (non-hydrogen) atoms. The minimum atomic E-state index is -1.26. The van der Waals surface area contributed by atoms with Gasteiger partial charge in [-0.05, 0) is 18.6 Å². The number of ether oxygens (including phenoxy) is 1. The number of fused-ring (bicyclic) bond motifs is 1. The van der Waals surface area contributed by atoms with Crippen molar-refractivity contribution in [1.82, 2.24) is 4.98 Å². The Morgan fingerprint density at radius 1 is 1.15 bits per heavy atom. The van der Waals surface area contributed by atoms with Crippen molar-refractivity contribution in [2.24, 2.45) is 0 Å². The third kappa shape index (κ3) is 2.99. The largest absolute Gasteiger partial charge is 0.445 e. The second-order valence-corrected chi connectivity index (χ2v) is 7.17. The number of carbonyl (C=O) groups is 2. The molecule has 0 unspecified atom stereocenters. The maximum absolute atomic E-state index is 12.8. The van der Waals surface area contributed by atoms with Gasteiger partial charge in [0.05, 0.1) is 11.3 Å². The maximum atomic E-state index is 12.8. The molecule has 1 aromatic heterocycles. The van der Waals surface area contributed by atoms with Gasteiger partial charge in [0.25, 0.3) is 5.91 Å². The Kier molecular flexibility index (Phi) is 4.05. The molecule has 1 atom stereocenters. The van der Waals surface area contributed by atoms with Gasteiger partial charge in [-0.1, -0.05) is 48.5 Å².